The molecule has 25 heavy (non-hydrogen) atoms. The van der Waals surface area contributed by atoms with Crippen LogP contribution in [0.5, 0.6) is 0 Å². The Hall–Kier alpha value is -2.64. The number of nitrogens with zero attached hydrogens (tertiary/aromatic N) is 4. The summed E-state index contributed by atoms with van der Waals surface area (Å²) in [7, 11) is 0. The van der Waals surface area contributed by atoms with Crippen LogP contribution in [0.15, 0.2) is 35.1 Å². The van der Waals surface area contributed by atoms with Crippen molar-refractivity contribution in [3.63, 3.8) is 0 Å². The molecule has 0 N–H and O–H groups in total. The van der Waals surface area contributed by atoms with E-state index in [1.807, 2.05) is 6.92 Å². The molecule has 2 aromatic heterocycles. The average molecular weight is 348 g/mol. The Balaban J connectivity index is 1.47. The van der Waals surface area contributed by atoms with Crippen LogP contribution >= 0.6 is 0 Å². The van der Waals surface area contributed by atoms with Gasteiger partial charge in [-0.3, -0.25) is 0 Å². The van der Waals surface area contributed by atoms with Crippen molar-refractivity contribution in [2.45, 2.75) is 19.5 Å². The fourth-order valence-corrected chi connectivity index (χ4v) is 3.22. The first-order chi connectivity index (χ1) is 11.9. The molecule has 0 aliphatic carbocycles. The SMILES string of the molecule is Cc1noc2ncnc(N3CC(Cc4cccc(C(F)(F)F)c4)C3)c12. The predicted molar refractivity (Wildman–Crippen MR) is 85.2 cm³/mol. The molecule has 130 valence electrons. The molecule has 0 bridgehead atoms. The highest BCUT2D eigenvalue weighted by atomic mass is 19.4. The molecule has 0 unspecified atom stereocenters. The number of aryl methyl sites for hydroxylation is 1. The van der Waals surface area contributed by atoms with E-state index < -0.39 is 11.7 Å². The summed E-state index contributed by atoms with van der Waals surface area (Å²) in [6, 6.07) is 5.53. The zero-order valence-corrected chi connectivity index (χ0v) is 13.4. The van der Waals surface area contributed by atoms with Gasteiger partial charge in [-0.2, -0.15) is 18.2 Å². The summed E-state index contributed by atoms with van der Waals surface area (Å²) in [5, 5.41) is 4.70. The molecule has 8 heteroatoms. The molecule has 1 saturated heterocycles. The molecule has 0 radical (unpaired) electrons. The van der Waals surface area contributed by atoms with Gasteiger partial charge in [0.25, 0.3) is 5.71 Å². The van der Waals surface area contributed by atoms with E-state index in [4.69, 9.17) is 4.52 Å². The number of halogens is 3. The van der Waals surface area contributed by atoms with Crippen LogP contribution in [0.1, 0.15) is 16.8 Å². The van der Waals surface area contributed by atoms with Gasteiger partial charge in [-0.1, -0.05) is 23.4 Å². The molecule has 5 nitrogen and oxygen atoms in total. The number of hydrogen-bond acceptors (Lipinski definition) is 5. The molecule has 0 saturated carbocycles. The second-order valence-corrected chi connectivity index (χ2v) is 6.32. The lowest BCUT2D eigenvalue weighted by molar-refractivity contribution is -0.137. The first-order valence-electron chi connectivity index (χ1n) is 7.90. The zero-order valence-electron chi connectivity index (χ0n) is 13.4. The molecule has 1 fully saturated rings. The van der Waals surface area contributed by atoms with Crippen molar-refractivity contribution in [1.82, 2.24) is 15.1 Å². The van der Waals surface area contributed by atoms with Crippen LogP contribution in [0.3, 0.4) is 0 Å². The Morgan fingerprint density at radius 3 is 2.80 bits per heavy atom. The Morgan fingerprint density at radius 1 is 1.24 bits per heavy atom. The predicted octanol–water partition coefficient (Wildman–Crippen LogP) is 3.62. The van der Waals surface area contributed by atoms with E-state index in [0.717, 1.165) is 36.1 Å². The van der Waals surface area contributed by atoms with Gasteiger partial charge in [0.2, 0.25) is 0 Å². The summed E-state index contributed by atoms with van der Waals surface area (Å²) < 4.78 is 43.6. The minimum atomic E-state index is -4.31. The number of fused-ring (bicyclic) bond motifs is 1. The molecule has 4 rings (SSSR count). The second kappa shape index (κ2) is 5.72. The smallest absolute Gasteiger partial charge is 0.355 e. The normalized spacial score (nSPS) is 15.6. The molecule has 1 aromatic carbocycles. The highest BCUT2D eigenvalue weighted by Gasteiger charge is 2.33. The summed E-state index contributed by atoms with van der Waals surface area (Å²) in [6.07, 6.45) is -2.26. The van der Waals surface area contributed by atoms with Crippen LogP contribution in [0.25, 0.3) is 11.1 Å². The zero-order chi connectivity index (χ0) is 17.6. The van der Waals surface area contributed by atoms with Crippen LogP contribution in [-0.2, 0) is 12.6 Å². The van der Waals surface area contributed by atoms with Crippen molar-refractivity contribution in [2.75, 3.05) is 18.0 Å². The Morgan fingerprint density at radius 2 is 2.04 bits per heavy atom. The molecular formula is C17H15F3N4O. The summed E-state index contributed by atoms with van der Waals surface area (Å²) >= 11 is 0. The van der Waals surface area contributed by atoms with Gasteiger partial charge in [-0.25, -0.2) is 4.98 Å². The van der Waals surface area contributed by atoms with Crippen molar-refractivity contribution in [1.29, 1.82) is 0 Å². The van der Waals surface area contributed by atoms with Gasteiger partial charge in [0.05, 0.1) is 11.3 Å². The first kappa shape index (κ1) is 15.9. The molecule has 1 aliphatic heterocycles. The lowest BCUT2D eigenvalue weighted by Gasteiger charge is -2.40. The number of hydrogen-bond donors (Lipinski definition) is 0. The Bertz CT molecular complexity index is 916. The Labute approximate surface area is 141 Å². The van der Waals surface area contributed by atoms with Crippen LogP contribution in [-0.4, -0.2) is 28.2 Å². The highest BCUT2D eigenvalue weighted by molar-refractivity contribution is 5.88. The molecule has 3 aromatic rings. The van der Waals surface area contributed by atoms with Gasteiger partial charge in [0.1, 0.15) is 17.5 Å². The van der Waals surface area contributed by atoms with Crippen molar-refractivity contribution in [3.05, 3.63) is 47.4 Å². The third kappa shape index (κ3) is 2.92. The van der Waals surface area contributed by atoms with Crippen molar-refractivity contribution in [3.8, 4) is 0 Å². The second-order valence-electron chi connectivity index (χ2n) is 6.32. The van der Waals surface area contributed by atoms with Crippen molar-refractivity contribution < 1.29 is 17.7 Å². The van der Waals surface area contributed by atoms with Gasteiger partial charge < -0.3 is 9.42 Å². The molecule has 1 aliphatic rings. The number of alkyl halides is 3. The van der Waals surface area contributed by atoms with Crippen molar-refractivity contribution >= 4 is 16.9 Å². The summed E-state index contributed by atoms with van der Waals surface area (Å²) in [6.45, 7) is 3.29. The maximum atomic E-state index is 12.8. The number of anilines is 1. The van der Waals surface area contributed by atoms with E-state index >= 15 is 0 Å². The molecule has 3 heterocycles. The van der Waals surface area contributed by atoms with E-state index in [1.54, 1.807) is 6.07 Å². The molecule has 0 spiro atoms. The largest absolute Gasteiger partial charge is 0.416 e. The molecule has 0 amide bonds. The van der Waals surface area contributed by atoms with Crippen LogP contribution < -0.4 is 4.90 Å². The topological polar surface area (TPSA) is 55.1 Å². The van der Waals surface area contributed by atoms with E-state index in [0.29, 0.717) is 17.7 Å². The summed E-state index contributed by atoms with van der Waals surface area (Å²) in [4.78, 5) is 10.4. The summed E-state index contributed by atoms with van der Waals surface area (Å²) in [5.41, 5.74) is 1.28. The maximum absolute atomic E-state index is 12.8. The van der Waals surface area contributed by atoms with E-state index in [9.17, 15) is 13.2 Å². The fraction of sp³-hybridized carbons (Fsp3) is 0.353. The van der Waals surface area contributed by atoms with Gasteiger partial charge >= 0.3 is 6.18 Å². The lowest BCUT2D eigenvalue weighted by Crippen LogP contribution is -2.48. The number of benzene rings is 1. The first-order valence-corrected chi connectivity index (χ1v) is 7.90. The average Bonchev–Trinajstić information content (AvgIpc) is 2.92. The number of rotatable bonds is 3. The van der Waals surface area contributed by atoms with Crippen LogP contribution in [0.2, 0.25) is 0 Å². The van der Waals surface area contributed by atoms with Gasteiger partial charge in [-0.05, 0) is 30.9 Å². The van der Waals surface area contributed by atoms with Gasteiger partial charge in [0, 0.05) is 13.1 Å². The maximum Gasteiger partial charge on any atom is 0.416 e. The minimum Gasteiger partial charge on any atom is -0.355 e. The Kier molecular flexibility index (Phi) is 3.63. The highest BCUT2D eigenvalue weighted by Crippen LogP contribution is 2.33. The van der Waals surface area contributed by atoms with E-state index in [2.05, 4.69) is 20.0 Å². The monoisotopic (exact) mass is 348 g/mol. The summed E-state index contributed by atoms with van der Waals surface area (Å²) in [5.74, 6) is 1.05. The van der Waals surface area contributed by atoms with E-state index in [-0.39, 0.29) is 5.92 Å². The fourth-order valence-electron chi connectivity index (χ4n) is 3.22. The van der Waals surface area contributed by atoms with Gasteiger partial charge in [-0.15, -0.1) is 0 Å². The lowest BCUT2D eigenvalue weighted by atomic mass is 9.91. The van der Waals surface area contributed by atoms with Crippen molar-refractivity contribution in [2.24, 2.45) is 5.92 Å². The number of aromatic nitrogens is 3. The third-order valence-electron chi connectivity index (χ3n) is 4.46. The van der Waals surface area contributed by atoms with Gasteiger partial charge in [0.15, 0.2) is 0 Å². The quantitative estimate of drug-likeness (QED) is 0.724. The van der Waals surface area contributed by atoms with E-state index in [1.165, 1.54) is 18.5 Å². The molecular weight excluding hydrogens is 333 g/mol. The molecule has 0 atom stereocenters. The van der Waals surface area contributed by atoms with Crippen LogP contribution in [0, 0.1) is 12.8 Å². The third-order valence-corrected chi connectivity index (χ3v) is 4.46. The standard InChI is InChI=1S/C17H15F3N4O/c1-10-14-15(21-9-22-16(14)25-23-10)24-7-12(8-24)5-11-3-2-4-13(6-11)17(18,19)20/h2-4,6,9,12H,5,7-8H2,1H3. The van der Waals surface area contributed by atoms with Crippen LogP contribution in [0.4, 0.5) is 19.0 Å². The minimum absolute atomic E-state index is 0.286.